The Morgan fingerprint density at radius 1 is 1.38 bits per heavy atom. The summed E-state index contributed by atoms with van der Waals surface area (Å²) >= 11 is 0. The molecule has 0 radical (unpaired) electrons. The van der Waals surface area contributed by atoms with Crippen molar-refractivity contribution in [3.63, 3.8) is 0 Å². The van der Waals surface area contributed by atoms with Gasteiger partial charge >= 0.3 is 0 Å². The summed E-state index contributed by atoms with van der Waals surface area (Å²) in [6.45, 7) is 3.28. The van der Waals surface area contributed by atoms with E-state index < -0.39 is 35.0 Å². The van der Waals surface area contributed by atoms with Crippen LogP contribution in [0.3, 0.4) is 0 Å². The van der Waals surface area contributed by atoms with Gasteiger partial charge < -0.3 is 25.4 Å². The van der Waals surface area contributed by atoms with Gasteiger partial charge in [0, 0.05) is 24.7 Å². The molecule has 6 rings (SSSR count). The standard InChI is InChI=1S/C24H30N2O6/c1-12(27)10-25-22(30)15-9-24(31)17-8-14-4-5-16(28)20-18(14)23(24,21(32-20)19(15)29)6-7-26(17)11-13-2-3-13/h4-5,12-13,15,17,21,27-28,31H,2-3,6-11H2,1H3,(H,25,30)/t12?,15?,17-,21+,23+,24-/m1/s1. The average molecular weight is 443 g/mol. The molecular weight excluding hydrogens is 412 g/mol. The zero-order chi connectivity index (χ0) is 22.4. The molecule has 2 bridgehead atoms. The fourth-order valence-corrected chi connectivity index (χ4v) is 6.90. The number of hydrogen-bond donors (Lipinski definition) is 4. The molecule has 2 unspecified atom stereocenters. The van der Waals surface area contributed by atoms with Gasteiger partial charge in [0.2, 0.25) is 5.91 Å². The molecule has 8 heteroatoms. The van der Waals surface area contributed by atoms with Gasteiger partial charge in [-0.05, 0) is 63.1 Å². The van der Waals surface area contributed by atoms with Crippen molar-refractivity contribution in [2.75, 3.05) is 19.6 Å². The highest BCUT2D eigenvalue weighted by molar-refractivity contribution is 6.06. The minimum Gasteiger partial charge on any atom is -0.504 e. The highest BCUT2D eigenvalue weighted by atomic mass is 16.5. The Morgan fingerprint density at radius 2 is 2.16 bits per heavy atom. The van der Waals surface area contributed by atoms with Gasteiger partial charge in [0.15, 0.2) is 23.4 Å². The monoisotopic (exact) mass is 442 g/mol. The summed E-state index contributed by atoms with van der Waals surface area (Å²) in [7, 11) is 0. The van der Waals surface area contributed by atoms with Gasteiger partial charge in [0.1, 0.15) is 5.92 Å². The SMILES string of the molecule is CC(O)CNC(=O)C1C[C@@]2(O)[C@H]3Cc4ccc(O)c5c4[C@@]2(CCN3CC2CC2)[C@@H](O5)C1=O. The summed E-state index contributed by atoms with van der Waals surface area (Å²) in [5.74, 6) is -0.986. The van der Waals surface area contributed by atoms with Crippen LogP contribution in [0.1, 0.15) is 43.7 Å². The number of carbonyl (C=O) groups excluding carboxylic acids is 2. The molecule has 4 N–H and O–H groups in total. The van der Waals surface area contributed by atoms with Gasteiger partial charge in [-0.2, -0.15) is 0 Å². The largest absolute Gasteiger partial charge is 0.504 e. The normalized spacial score (nSPS) is 38.1. The Morgan fingerprint density at radius 3 is 2.88 bits per heavy atom. The molecule has 0 aromatic heterocycles. The Bertz CT molecular complexity index is 1010. The van der Waals surface area contributed by atoms with Gasteiger partial charge in [0.05, 0.1) is 17.1 Å². The molecule has 1 spiro atoms. The van der Waals surface area contributed by atoms with E-state index in [9.17, 15) is 24.9 Å². The fourth-order valence-electron chi connectivity index (χ4n) is 6.90. The smallest absolute Gasteiger partial charge is 0.230 e. The van der Waals surface area contributed by atoms with Crippen LogP contribution in [0.25, 0.3) is 0 Å². The topological polar surface area (TPSA) is 119 Å². The van der Waals surface area contributed by atoms with Gasteiger partial charge in [-0.1, -0.05) is 6.07 Å². The summed E-state index contributed by atoms with van der Waals surface area (Å²) in [5.41, 5.74) is -0.487. The molecule has 3 aliphatic carbocycles. The van der Waals surface area contributed by atoms with Crippen molar-refractivity contribution in [2.45, 2.75) is 68.3 Å². The number of aromatic hydroxyl groups is 1. The molecule has 1 amide bonds. The van der Waals surface area contributed by atoms with E-state index in [-0.39, 0.29) is 30.5 Å². The first-order valence-corrected chi connectivity index (χ1v) is 11.7. The van der Waals surface area contributed by atoms with Gasteiger partial charge in [-0.3, -0.25) is 14.5 Å². The van der Waals surface area contributed by atoms with Crippen LogP contribution in [0.4, 0.5) is 0 Å². The van der Waals surface area contributed by atoms with Crippen molar-refractivity contribution < 1.29 is 29.6 Å². The molecule has 172 valence electrons. The molecule has 1 saturated heterocycles. The molecule has 5 aliphatic rings. The molecule has 32 heavy (non-hydrogen) atoms. The zero-order valence-corrected chi connectivity index (χ0v) is 18.2. The minimum atomic E-state index is -1.32. The number of hydrogen-bond acceptors (Lipinski definition) is 7. The van der Waals surface area contributed by atoms with E-state index in [1.807, 2.05) is 6.07 Å². The van der Waals surface area contributed by atoms with Crippen LogP contribution in [0.15, 0.2) is 12.1 Å². The first-order chi connectivity index (χ1) is 15.3. The lowest BCUT2D eigenvalue weighted by Gasteiger charge is -2.63. The zero-order valence-electron chi connectivity index (χ0n) is 18.2. The summed E-state index contributed by atoms with van der Waals surface area (Å²) in [6, 6.07) is 3.28. The average Bonchev–Trinajstić information content (AvgIpc) is 3.49. The maximum Gasteiger partial charge on any atom is 0.230 e. The van der Waals surface area contributed by atoms with E-state index >= 15 is 0 Å². The molecular formula is C24H30N2O6. The lowest BCUT2D eigenvalue weighted by molar-refractivity contribution is -0.198. The Balaban J connectivity index is 1.46. The molecule has 6 atom stereocenters. The van der Waals surface area contributed by atoms with Crippen LogP contribution < -0.4 is 10.1 Å². The number of aliphatic hydroxyl groups excluding tert-OH is 1. The van der Waals surface area contributed by atoms with Crippen LogP contribution in [-0.2, 0) is 21.4 Å². The molecule has 1 aromatic carbocycles. The number of phenols is 1. The van der Waals surface area contributed by atoms with Crippen LogP contribution in [0, 0.1) is 11.8 Å². The quantitative estimate of drug-likeness (QED) is 0.483. The Kier molecular flexibility index (Phi) is 4.27. The first-order valence-electron chi connectivity index (χ1n) is 11.7. The molecule has 3 fully saturated rings. The first kappa shape index (κ1) is 20.4. The van der Waals surface area contributed by atoms with E-state index in [1.165, 1.54) is 12.8 Å². The number of ketones is 1. The number of carbonyl (C=O) groups is 2. The van der Waals surface area contributed by atoms with E-state index in [0.717, 1.165) is 24.2 Å². The fraction of sp³-hybridized carbons (Fsp3) is 0.667. The minimum absolute atomic E-state index is 0.0255. The van der Waals surface area contributed by atoms with Crippen molar-refractivity contribution in [1.82, 2.24) is 10.2 Å². The second kappa shape index (κ2) is 6.68. The lowest BCUT2D eigenvalue weighted by Crippen LogP contribution is -2.78. The number of aliphatic hydroxyl groups is 2. The van der Waals surface area contributed by atoms with Crippen LogP contribution in [0.2, 0.25) is 0 Å². The third-order valence-corrected chi connectivity index (χ3v) is 8.52. The predicted molar refractivity (Wildman–Crippen MR) is 113 cm³/mol. The number of Topliss-reactive ketones (excluding diaryl/α,β-unsaturated/α-hetero) is 1. The third kappa shape index (κ3) is 2.54. The van der Waals surface area contributed by atoms with Gasteiger partial charge in [0.25, 0.3) is 0 Å². The van der Waals surface area contributed by atoms with E-state index in [4.69, 9.17) is 4.74 Å². The molecule has 8 nitrogen and oxygen atoms in total. The number of nitrogens with zero attached hydrogens (tertiary/aromatic N) is 1. The number of nitrogens with one attached hydrogen (secondary N) is 1. The Labute approximate surface area is 186 Å². The Hall–Kier alpha value is -2.16. The maximum absolute atomic E-state index is 13.6. The maximum atomic E-state index is 13.6. The highest BCUT2D eigenvalue weighted by Gasteiger charge is 2.75. The summed E-state index contributed by atoms with van der Waals surface area (Å²) in [6.07, 6.45) is 1.84. The number of ether oxygens (including phenoxy) is 1. The summed E-state index contributed by atoms with van der Waals surface area (Å²) < 4.78 is 6.11. The summed E-state index contributed by atoms with van der Waals surface area (Å²) in [4.78, 5) is 28.9. The van der Waals surface area contributed by atoms with Crippen molar-refractivity contribution in [2.24, 2.45) is 11.8 Å². The van der Waals surface area contributed by atoms with E-state index in [0.29, 0.717) is 24.5 Å². The predicted octanol–water partition coefficient (Wildman–Crippen LogP) is 0.249. The van der Waals surface area contributed by atoms with Crippen molar-refractivity contribution in [3.8, 4) is 11.5 Å². The highest BCUT2D eigenvalue weighted by Crippen LogP contribution is 2.65. The van der Waals surface area contributed by atoms with Crippen LogP contribution >= 0.6 is 0 Å². The van der Waals surface area contributed by atoms with Gasteiger partial charge in [-0.25, -0.2) is 0 Å². The van der Waals surface area contributed by atoms with Crippen LogP contribution in [-0.4, -0.2) is 75.4 Å². The molecule has 2 heterocycles. The van der Waals surface area contributed by atoms with Gasteiger partial charge in [-0.15, -0.1) is 0 Å². The number of phenolic OH excluding ortho intramolecular Hbond substituents is 1. The number of rotatable bonds is 5. The second-order valence-corrected chi connectivity index (χ2v) is 10.5. The number of amides is 1. The third-order valence-electron chi connectivity index (χ3n) is 8.52. The molecule has 2 aliphatic heterocycles. The van der Waals surface area contributed by atoms with Crippen LogP contribution in [0.5, 0.6) is 11.5 Å². The van der Waals surface area contributed by atoms with Crippen molar-refractivity contribution >= 4 is 11.7 Å². The summed E-state index contributed by atoms with van der Waals surface area (Å²) in [5, 5.41) is 35.2. The second-order valence-electron chi connectivity index (χ2n) is 10.5. The number of piperidine rings is 1. The number of likely N-dealkylation sites (tertiary alicyclic amines) is 1. The van der Waals surface area contributed by atoms with E-state index in [1.54, 1.807) is 13.0 Å². The lowest BCUT2D eigenvalue weighted by atomic mass is 9.47. The van der Waals surface area contributed by atoms with Crippen molar-refractivity contribution in [3.05, 3.63) is 23.3 Å². The number of benzene rings is 1. The van der Waals surface area contributed by atoms with E-state index in [2.05, 4.69) is 10.2 Å². The molecule has 2 saturated carbocycles. The molecule has 1 aromatic rings. The van der Waals surface area contributed by atoms with Crippen molar-refractivity contribution in [1.29, 1.82) is 0 Å².